The maximum Gasteiger partial charge on any atom is 0.309 e. The first kappa shape index (κ1) is 30.5. The number of methoxy groups -OCH3 is 1. The molecule has 0 aromatic heterocycles. The van der Waals surface area contributed by atoms with Crippen LogP contribution in [-0.4, -0.2) is 55.5 Å². The van der Waals surface area contributed by atoms with Gasteiger partial charge in [0.1, 0.15) is 5.75 Å². The van der Waals surface area contributed by atoms with E-state index in [4.69, 9.17) is 30.5 Å². The Bertz CT molecular complexity index is 1470. The molecule has 1 amide bonds. The molecular weight excluding hydrogens is 572 g/mol. The summed E-state index contributed by atoms with van der Waals surface area (Å²) >= 11 is 6.34. The summed E-state index contributed by atoms with van der Waals surface area (Å²) in [5.41, 5.74) is 4.20. The van der Waals surface area contributed by atoms with E-state index >= 15 is 0 Å². The van der Waals surface area contributed by atoms with Crippen LogP contribution in [0.1, 0.15) is 55.0 Å². The van der Waals surface area contributed by atoms with Crippen molar-refractivity contribution >= 4 is 29.2 Å². The summed E-state index contributed by atoms with van der Waals surface area (Å²) in [6.07, 6.45) is 1.41. The molecule has 2 aliphatic heterocycles. The fraction of sp³-hybridized carbons (Fsp3) is 0.394. The number of carbonyl (C=O) groups is 2. The Kier molecular flexibility index (Phi) is 9.32. The smallest absolute Gasteiger partial charge is 0.309 e. The number of likely N-dealkylation sites (tertiary alicyclic amines) is 1. The normalized spacial score (nSPS) is 19.3. The fourth-order valence-electron chi connectivity index (χ4n) is 6.23. The van der Waals surface area contributed by atoms with Gasteiger partial charge in [-0.2, -0.15) is 0 Å². The molecule has 0 bridgehead atoms. The van der Waals surface area contributed by atoms with Gasteiger partial charge in [0.05, 0.1) is 26.2 Å². The number of hydrogen-bond acceptors (Lipinski definition) is 7. The molecule has 9 nitrogen and oxygen atoms in total. The molecule has 228 valence electrons. The van der Waals surface area contributed by atoms with Crippen LogP contribution < -0.4 is 24.3 Å². The molecule has 0 spiro atoms. The lowest BCUT2D eigenvalue weighted by atomic mass is 9.82. The van der Waals surface area contributed by atoms with Gasteiger partial charge in [0.25, 0.3) is 0 Å². The number of nitrogens with zero attached hydrogens (tertiary/aromatic N) is 1. The van der Waals surface area contributed by atoms with Gasteiger partial charge in [0.2, 0.25) is 18.4 Å². The topological polar surface area (TPSA) is 107 Å². The molecule has 43 heavy (non-hydrogen) atoms. The van der Waals surface area contributed by atoms with Gasteiger partial charge in [-0.15, -0.1) is 0 Å². The lowest BCUT2D eigenvalue weighted by molar-refractivity contribution is -0.143. The number of carboxylic acids is 1. The Labute approximate surface area is 256 Å². The summed E-state index contributed by atoms with van der Waals surface area (Å²) in [5, 5.41) is 14.4. The summed E-state index contributed by atoms with van der Waals surface area (Å²) in [7, 11) is 1.54. The maximum absolute atomic E-state index is 13.7. The Morgan fingerprint density at radius 1 is 1.02 bits per heavy atom. The summed E-state index contributed by atoms with van der Waals surface area (Å²) < 4.78 is 22.4. The third kappa shape index (κ3) is 6.24. The molecule has 0 radical (unpaired) electrons. The van der Waals surface area contributed by atoms with E-state index in [1.807, 2.05) is 74.2 Å². The molecule has 0 aliphatic carbocycles. The fourth-order valence-corrected chi connectivity index (χ4v) is 6.49. The Balaban J connectivity index is 1.52. The summed E-state index contributed by atoms with van der Waals surface area (Å²) in [6.45, 7) is 6.85. The number of aryl methyl sites for hydroxylation is 2. The van der Waals surface area contributed by atoms with E-state index in [9.17, 15) is 14.7 Å². The number of anilines is 1. The monoisotopic (exact) mass is 608 g/mol. The van der Waals surface area contributed by atoms with Crippen LogP contribution in [0.15, 0.2) is 48.5 Å². The van der Waals surface area contributed by atoms with Crippen LogP contribution in [0.5, 0.6) is 23.0 Å². The molecule has 2 N–H and O–H groups in total. The molecule has 3 aromatic rings. The van der Waals surface area contributed by atoms with Crippen molar-refractivity contribution in [2.75, 3.05) is 38.9 Å². The van der Waals surface area contributed by atoms with Crippen LogP contribution in [0, 0.1) is 5.92 Å². The molecule has 2 aliphatic rings. The Hall–Kier alpha value is -3.95. The van der Waals surface area contributed by atoms with Gasteiger partial charge in [-0.1, -0.05) is 37.6 Å². The van der Waals surface area contributed by atoms with E-state index in [-0.39, 0.29) is 19.2 Å². The van der Waals surface area contributed by atoms with Gasteiger partial charge < -0.3 is 29.4 Å². The van der Waals surface area contributed by atoms with Gasteiger partial charge in [0, 0.05) is 29.2 Å². The third-order valence-corrected chi connectivity index (χ3v) is 8.38. The van der Waals surface area contributed by atoms with Crippen LogP contribution in [-0.2, 0) is 22.4 Å². The van der Waals surface area contributed by atoms with Crippen LogP contribution in [0.3, 0.4) is 0 Å². The largest absolute Gasteiger partial charge is 0.494 e. The van der Waals surface area contributed by atoms with Gasteiger partial charge in [-0.25, -0.2) is 0 Å². The molecule has 1 unspecified atom stereocenters. The number of halogens is 1. The molecule has 10 heteroatoms. The number of nitrogens with one attached hydrogen (secondary N) is 1. The van der Waals surface area contributed by atoms with Crippen molar-refractivity contribution in [3.8, 4) is 23.0 Å². The predicted octanol–water partition coefficient (Wildman–Crippen LogP) is 6.08. The molecule has 0 saturated carbocycles. The van der Waals surface area contributed by atoms with E-state index in [0.717, 1.165) is 27.9 Å². The molecule has 1 fully saturated rings. The zero-order chi connectivity index (χ0) is 30.7. The highest BCUT2D eigenvalue weighted by molar-refractivity contribution is 6.30. The van der Waals surface area contributed by atoms with E-state index in [1.54, 1.807) is 0 Å². The highest BCUT2D eigenvalue weighted by atomic mass is 35.5. The van der Waals surface area contributed by atoms with Gasteiger partial charge in [-0.05, 0) is 78.4 Å². The van der Waals surface area contributed by atoms with Crippen molar-refractivity contribution in [2.24, 2.45) is 5.92 Å². The second-order valence-corrected chi connectivity index (χ2v) is 11.1. The van der Waals surface area contributed by atoms with Crippen molar-refractivity contribution < 1.29 is 33.6 Å². The number of carbonyl (C=O) groups excluding carboxylic acids is 1. The average molecular weight is 609 g/mol. The number of hydrogen-bond donors (Lipinski definition) is 2. The van der Waals surface area contributed by atoms with Crippen molar-refractivity contribution in [1.29, 1.82) is 0 Å². The number of carboxylic acid groups (broad SMARTS) is 1. The van der Waals surface area contributed by atoms with Crippen molar-refractivity contribution in [3.05, 3.63) is 75.8 Å². The molecule has 3 atom stereocenters. The van der Waals surface area contributed by atoms with E-state index in [2.05, 4.69) is 5.32 Å². The molecule has 5 rings (SSSR count). The second kappa shape index (κ2) is 13.1. The second-order valence-electron chi connectivity index (χ2n) is 10.7. The van der Waals surface area contributed by atoms with Crippen molar-refractivity contribution in [1.82, 2.24) is 4.90 Å². The predicted molar refractivity (Wildman–Crippen MR) is 164 cm³/mol. The minimum absolute atomic E-state index is 0.00518. The molecular formula is C33H37ClN2O7. The van der Waals surface area contributed by atoms with Crippen LogP contribution in [0.4, 0.5) is 5.69 Å². The summed E-state index contributed by atoms with van der Waals surface area (Å²) in [5.74, 6) is -0.323. The number of aliphatic carboxylic acids is 1. The van der Waals surface area contributed by atoms with Crippen LogP contribution in [0.25, 0.3) is 0 Å². The van der Waals surface area contributed by atoms with Crippen molar-refractivity contribution in [3.63, 3.8) is 0 Å². The van der Waals surface area contributed by atoms with Crippen LogP contribution >= 0.6 is 11.6 Å². The molecule has 2 heterocycles. The quantitative estimate of drug-likeness (QED) is 0.270. The zero-order valence-corrected chi connectivity index (χ0v) is 25.6. The zero-order valence-electron chi connectivity index (χ0n) is 24.8. The standard InChI is InChI=1S/C33H37ClN2O7/c1-5-19-12-23(34)13-20(6-2)30(19)35-28(37)17-36-16-25(22-14-26(40-4)32-27(15-22)42-18-43-32)29(33(38)39)31(36)21-8-10-24(11-9-21)41-7-3/h8-15,25,29,31H,5-7,16-18H2,1-4H3,(H,35,37)(H,38,39)/t25-,29?,31+/m1/s1. The maximum atomic E-state index is 13.7. The third-order valence-electron chi connectivity index (χ3n) is 8.16. The van der Waals surface area contributed by atoms with Gasteiger partial charge in [-0.3, -0.25) is 14.5 Å². The minimum Gasteiger partial charge on any atom is -0.494 e. The highest BCUT2D eigenvalue weighted by Crippen LogP contribution is 2.50. The Morgan fingerprint density at radius 3 is 2.33 bits per heavy atom. The lowest BCUT2D eigenvalue weighted by Gasteiger charge is -2.27. The number of benzene rings is 3. The van der Waals surface area contributed by atoms with Gasteiger partial charge >= 0.3 is 5.97 Å². The lowest BCUT2D eigenvalue weighted by Crippen LogP contribution is -2.35. The number of amides is 1. The van der Waals surface area contributed by atoms with E-state index in [0.29, 0.717) is 54.0 Å². The van der Waals surface area contributed by atoms with Crippen molar-refractivity contribution in [2.45, 2.75) is 45.6 Å². The average Bonchev–Trinajstić information content (AvgIpc) is 3.63. The molecule has 3 aromatic carbocycles. The van der Waals surface area contributed by atoms with E-state index < -0.39 is 23.8 Å². The SMILES string of the molecule is CCOc1ccc([C@H]2C(C(=O)O)[C@@H](c3cc(OC)c4c(c3)OCO4)CN2CC(=O)Nc2c(CC)cc(Cl)cc2CC)cc1. The minimum atomic E-state index is -0.956. The van der Waals surface area contributed by atoms with Crippen LogP contribution in [0.2, 0.25) is 5.02 Å². The first-order chi connectivity index (χ1) is 20.8. The van der Waals surface area contributed by atoms with E-state index in [1.165, 1.54) is 7.11 Å². The van der Waals surface area contributed by atoms with Gasteiger partial charge in [0.15, 0.2) is 11.5 Å². The summed E-state index contributed by atoms with van der Waals surface area (Å²) in [4.78, 5) is 28.6. The molecule has 1 saturated heterocycles. The first-order valence-electron chi connectivity index (χ1n) is 14.6. The first-order valence-corrected chi connectivity index (χ1v) is 14.9. The summed E-state index contributed by atoms with van der Waals surface area (Å²) in [6, 6.07) is 14.2. The highest BCUT2D eigenvalue weighted by Gasteiger charge is 2.48. The number of rotatable bonds is 11. The number of fused-ring (bicyclic) bond motifs is 1. The Morgan fingerprint density at radius 2 is 1.72 bits per heavy atom. The number of ether oxygens (including phenoxy) is 4.